The van der Waals surface area contributed by atoms with Crippen molar-refractivity contribution in [3.8, 4) is 0 Å². The van der Waals surface area contributed by atoms with Crippen molar-refractivity contribution >= 4 is 0 Å². The molecule has 0 bridgehead atoms. The molecule has 0 unspecified atom stereocenters. The quantitative estimate of drug-likeness (QED) is 0.654. The third-order valence-corrected chi connectivity index (χ3v) is 9.02. The molecule has 2 heteroatoms. The first-order chi connectivity index (χ1) is 10.6. The van der Waals surface area contributed by atoms with Gasteiger partial charge in [0.15, 0.2) is 0 Å². The topological polar surface area (TPSA) is 40.5 Å². The Hall–Kier alpha value is -0.340. The average molecular weight is 319 g/mol. The maximum absolute atomic E-state index is 10.6. The molecule has 2 nitrogen and oxygen atoms in total. The van der Waals surface area contributed by atoms with E-state index in [2.05, 4.69) is 32.9 Å². The van der Waals surface area contributed by atoms with Gasteiger partial charge in [0, 0.05) is 0 Å². The number of hydrogen-bond donors (Lipinski definition) is 2. The van der Waals surface area contributed by atoms with Crippen molar-refractivity contribution in [3.63, 3.8) is 0 Å². The smallest absolute Gasteiger partial charge is 0.0805 e. The van der Waals surface area contributed by atoms with Gasteiger partial charge in [-0.1, -0.05) is 32.9 Å². The minimum absolute atomic E-state index is 0.0859. The van der Waals surface area contributed by atoms with Gasteiger partial charge >= 0.3 is 0 Å². The summed E-state index contributed by atoms with van der Waals surface area (Å²) in [5, 5.41) is 21.1. The molecule has 3 fully saturated rings. The van der Waals surface area contributed by atoms with Gasteiger partial charge in [-0.15, -0.1) is 0 Å². The maximum Gasteiger partial charge on any atom is 0.0805 e. The van der Waals surface area contributed by atoms with Crippen molar-refractivity contribution < 1.29 is 10.2 Å². The molecular formula is C21H34O2. The lowest BCUT2D eigenvalue weighted by atomic mass is 9.41. The first-order valence-electron chi connectivity index (χ1n) is 9.72. The Balaban J connectivity index is 1.72. The fourth-order valence-corrected chi connectivity index (χ4v) is 7.41. The Bertz CT molecular complexity index is 538. The monoisotopic (exact) mass is 318 g/mol. The van der Waals surface area contributed by atoms with Crippen molar-refractivity contribution in [1.29, 1.82) is 0 Å². The summed E-state index contributed by atoms with van der Waals surface area (Å²) < 4.78 is 0. The fraction of sp³-hybridized carbons (Fsp3) is 0.905. The molecule has 4 aliphatic rings. The van der Waals surface area contributed by atoms with Crippen LogP contribution < -0.4 is 0 Å². The molecule has 0 amide bonds. The van der Waals surface area contributed by atoms with Crippen LogP contribution in [0.2, 0.25) is 0 Å². The zero-order valence-corrected chi connectivity index (χ0v) is 15.3. The molecule has 0 aliphatic heterocycles. The number of aliphatic hydroxyl groups is 2. The second-order valence-corrected chi connectivity index (χ2v) is 10.3. The van der Waals surface area contributed by atoms with Gasteiger partial charge in [-0.25, -0.2) is 0 Å². The van der Waals surface area contributed by atoms with Crippen molar-refractivity contribution in [2.75, 3.05) is 0 Å². The summed E-state index contributed by atoms with van der Waals surface area (Å²) in [5.41, 5.74) is -0.0760. The molecule has 4 rings (SSSR count). The van der Waals surface area contributed by atoms with Crippen LogP contribution in [-0.4, -0.2) is 21.9 Å². The normalized spacial score (nSPS) is 61.7. The molecule has 0 aromatic heterocycles. The van der Waals surface area contributed by atoms with Gasteiger partial charge in [0.05, 0.1) is 11.7 Å². The molecule has 23 heavy (non-hydrogen) atoms. The number of rotatable bonds is 0. The predicted molar refractivity (Wildman–Crippen MR) is 92.9 cm³/mol. The van der Waals surface area contributed by atoms with E-state index in [9.17, 15) is 10.2 Å². The summed E-state index contributed by atoms with van der Waals surface area (Å²) in [6, 6.07) is 0. The summed E-state index contributed by atoms with van der Waals surface area (Å²) in [7, 11) is 0. The molecule has 4 aliphatic carbocycles. The number of aliphatic hydroxyl groups excluding tert-OH is 1. The Morgan fingerprint density at radius 2 is 1.61 bits per heavy atom. The van der Waals surface area contributed by atoms with E-state index in [0.29, 0.717) is 5.92 Å². The molecule has 0 saturated heterocycles. The Morgan fingerprint density at radius 3 is 2.35 bits per heavy atom. The van der Waals surface area contributed by atoms with Gasteiger partial charge in [0.25, 0.3) is 0 Å². The fourth-order valence-electron chi connectivity index (χ4n) is 7.41. The third-order valence-electron chi connectivity index (χ3n) is 9.02. The molecule has 3 saturated carbocycles. The molecule has 2 N–H and O–H groups in total. The van der Waals surface area contributed by atoms with Crippen molar-refractivity contribution in [2.24, 2.45) is 34.0 Å². The van der Waals surface area contributed by atoms with E-state index in [-0.39, 0.29) is 22.3 Å². The van der Waals surface area contributed by atoms with Gasteiger partial charge in [-0.2, -0.15) is 0 Å². The zero-order valence-electron chi connectivity index (χ0n) is 15.3. The molecule has 0 spiro atoms. The Labute approximate surface area is 141 Å². The number of fused-ring (bicyclic) bond motifs is 5. The SMILES string of the molecule is C[C@]12CC[C@@H]3[C@@H](CC[C@@]4(C)C[C@@](C)(O)C=C[C@]34C)[C@H]1CC[C@@H]2O. The Morgan fingerprint density at radius 1 is 0.870 bits per heavy atom. The number of allylic oxidation sites excluding steroid dienone is 1. The summed E-state index contributed by atoms with van der Waals surface area (Å²) in [4.78, 5) is 0. The summed E-state index contributed by atoms with van der Waals surface area (Å²) >= 11 is 0. The molecule has 8 atom stereocenters. The molecule has 0 radical (unpaired) electrons. The number of hydrogen-bond acceptors (Lipinski definition) is 2. The van der Waals surface area contributed by atoms with Crippen LogP contribution >= 0.6 is 0 Å². The van der Waals surface area contributed by atoms with Crippen LogP contribution in [0.25, 0.3) is 0 Å². The van der Waals surface area contributed by atoms with Crippen LogP contribution in [-0.2, 0) is 0 Å². The lowest BCUT2D eigenvalue weighted by molar-refractivity contribution is -0.142. The van der Waals surface area contributed by atoms with E-state index in [0.717, 1.165) is 24.7 Å². The third kappa shape index (κ3) is 2.00. The highest BCUT2D eigenvalue weighted by molar-refractivity contribution is 5.23. The van der Waals surface area contributed by atoms with E-state index in [1.54, 1.807) is 0 Å². The lowest BCUT2D eigenvalue weighted by Gasteiger charge is -2.64. The Kier molecular flexibility index (Phi) is 3.25. The molecular weight excluding hydrogens is 284 g/mol. The van der Waals surface area contributed by atoms with Gasteiger partial charge in [-0.3, -0.25) is 0 Å². The van der Waals surface area contributed by atoms with Gasteiger partial charge in [0.1, 0.15) is 0 Å². The van der Waals surface area contributed by atoms with Crippen LogP contribution in [0, 0.1) is 34.0 Å². The van der Waals surface area contributed by atoms with Crippen molar-refractivity contribution in [2.45, 2.75) is 84.3 Å². The predicted octanol–water partition coefficient (Wildman–Crippen LogP) is 4.31. The second-order valence-electron chi connectivity index (χ2n) is 10.3. The average Bonchev–Trinajstić information content (AvgIpc) is 2.76. The van der Waals surface area contributed by atoms with Crippen LogP contribution in [0.1, 0.15) is 72.6 Å². The van der Waals surface area contributed by atoms with E-state index in [4.69, 9.17) is 0 Å². The first kappa shape index (κ1) is 16.1. The van der Waals surface area contributed by atoms with Crippen molar-refractivity contribution in [1.82, 2.24) is 0 Å². The van der Waals surface area contributed by atoms with Crippen LogP contribution in [0.3, 0.4) is 0 Å². The van der Waals surface area contributed by atoms with Gasteiger partial charge < -0.3 is 10.2 Å². The van der Waals surface area contributed by atoms with Crippen molar-refractivity contribution in [3.05, 3.63) is 12.2 Å². The zero-order chi connectivity index (χ0) is 16.7. The molecule has 0 aromatic rings. The minimum atomic E-state index is -0.645. The summed E-state index contributed by atoms with van der Waals surface area (Å²) in [6.45, 7) is 9.19. The van der Waals surface area contributed by atoms with E-state index in [1.165, 1.54) is 32.1 Å². The van der Waals surface area contributed by atoms with Crippen LogP contribution in [0.5, 0.6) is 0 Å². The van der Waals surface area contributed by atoms with Crippen LogP contribution in [0.15, 0.2) is 12.2 Å². The summed E-state index contributed by atoms with van der Waals surface area (Å²) in [6.07, 6.45) is 12.4. The van der Waals surface area contributed by atoms with E-state index >= 15 is 0 Å². The lowest BCUT2D eigenvalue weighted by Crippen LogP contribution is -2.58. The van der Waals surface area contributed by atoms with Gasteiger partial charge in [0.2, 0.25) is 0 Å². The highest BCUT2D eigenvalue weighted by Crippen LogP contribution is 2.69. The van der Waals surface area contributed by atoms with Gasteiger partial charge in [-0.05, 0) is 85.9 Å². The summed E-state index contributed by atoms with van der Waals surface area (Å²) in [5.74, 6) is 2.18. The van der Waals surface area contributed by atoms with Crippen LogP contribution in [0.4, 0.5) is 0 Å². The standard InChI is InChI=1S/C21H34O2/c1-18-9-7-14-15-5-6-17(22)20(15,3)10-8-16(14)21(18,4)12-11-19(2,23)13-18/h11-12,14-17,22-23H,5-10,13H2,1-4H3/t14-,15+,16+,17-,18-,19-,20-,21+/m0/s1. The van der Waals surface area contributed by atoms with E-state index < -0.39 is 5.60 Å². The highest BCUT2D eigenvalue weighted by atomic mass is 16.3. The first-order valence-corrected chi connectivity index (χ1v) is 9.72. The highest BCUT2D eigenvalue weighted by Gasteiger charge is 2.63. The second kappa shape index (κ2) is 4.64. The largest absolute Gasteiger partial charge is 0.393 e. The van der Waals surface area contributed by atoms with E-state index in [1.807, 2.05) is 6.92 Å². The molecule has 0 heterocycles. The molecule has 0 aromatic carbocycles. The minimum Gasteiger partial charge on any atom is -0.393 e. The maximum atomic E-state index is 10.6. The molecule has 130 valence electrons.